The van der Waals surface area contributed by atoms with Crippen molar-refractivity contribution in [3.05, 3.63) is 138 Å². The van der Waals surface area contributed by atoms with Crippen molar-refractivity contribution in [1.29, 1.82) is 0 Å². The number of ether oxygens (including phenoxy) is 2. The summed E-state index contributed by atoms with van der Waals surface area (Å²) >= 11 is 0. The van der Waals surface area contributed by atoms with Gasteiger partial charge >= 0.3 is 11.9 Å². The molecule has 20 heteroatoms. The molecule has 5 aliphatic rings. The molecule has 2 atom stereocenters. The minimum Gasteiger partial charge on any atom is -0.459 e. The summed E-state index contributed by atoms with van der Waals surface area (Å²) in [5.41, 5.74) is 12.3. The number of esters is 2. The van der Waals surface area contributed by atoms with E-state index in [-0.39, 0.29) is 49.1 Å². The molecule has 5 aromatic rings. The van der Waals surface area contributed by atoms with E-state index in [1.165, 1.54) is 129 Å². The lowest BCUT2D eigenvalue weighted by Crippen LogP contribution is -2.46. The Balaban J connectivity index is 0.000000235. The molecule has 10 rings (SSSR count). The van der Waals surface area contributed by atoms with Gasteiger partial charge in [0.1, 0.15) is 35.7 Å². The van der Waals surface area contributed by atoms with Crippen LogP contribution in [0.1, 0.15) is 191 Å². The predicted octanol–water partition coefficient (Wildman–Crippen LogP) is 12.3. The molecule has 0 saturated heterocycles. The molecule has 2 aromatic heterocycles. The van der Waals surface area contributed by atoms with Gasteiger partial charge in [0.2, 0.25) is 17.7 Å². The second-order valence-corrected chi connectivity index (χ2v) is 30.2. The number of carbonyl (C=O) groups excluding carboxylic acids is 6. The van der Waals surface area contributed by atoms with Gasteiger partial charge in [-0.25, -0.2) is 32.7 Å². The van der Waals surface area contributed by atoms with Gasteiger partial charge in [-0.1, -0.05) is 125 Å². The smallest absolute Gasteiger partial charge is 0.326 e. The van der Waals surface area contributed by atoms with Crippen LogP contribution in [0.4, 0.5) is 0 Å². The van der Waals surface area contributed by atoms with E-state index in [1.807, 2.05) is 73.3 Å². The fourth-order valence-electron chi connectivity index (χ4n) is 14.0. The van der Waals surface area contributed by atoms with Crippen molar-refractivity contribution in [3.63, 3.8) is 0 Å². The molecule has 19 nitrogen and oxygen atoms in total. The number of allylic oxidation sites excluding steroid dienone is 4. The molecule has 95 heavy (non-hydrogen) atoms. The van der Waals surface area contributed by atoms with Crippen LogP contribution < -0.4 is 11.1 Å². The van der Waals surface area contributed by atoms with Gasteiger partial charge in [-0.15, -0.1) is 0 Å². The number of nitrogens with two attached hydrogens (primary N) is 1. The van der Waals surface area contributed by atoms with Gasteiger partial charge in [-0.05, 0) is 176 Å². The quantitative estimate of drug-likeness (QED) is 0.0648. The molecule has 3 N–H and O–H groups in total. The van der Waals surface area contributed by atoms with Gasteiger partial charge in [-0.2, -0.15) is 0 Å². The van der Waals surface area contributed by atoms with Crippen LogP contribution in [0.2, 0.25) is 0 Å². The van der Waals surface area contributed by atoms with Crippen molar-refractivity contribution in [3.8, 4) is 22.8 Å². The average Bonchev–Trinajstić information content (AvgIpc) is 1.60. The van der Waals surface area contributed by atoms with E-state index in [4.69, 9.17) is 15.2 Å². The maximum absolute atomic E-state index is 13.4. The van der Waals surface area contributed by atoms with E-state index < -0.39 is 64.0 Å². The molecule has 1 aliphatic heterocycles. The molecule has 3 heterocycles. The standard InChI is InChI=1S/C42H51N5O7S.C33H46N4O3/c1-5-28-10-14-30(15-11-28)31-18-20-32(21-19-31)34-22-44-40(45-23-34)33-16-12-29(13-17-33)25-46(27-39(50)54-42(2,3)4)38(49)24-43-37(48)26-47-41(51)35-8-6-7-9-36(35)55(47,52)53;1-5-23-6-10-25(11-7-23)26-14-16-27(17-15-26)29-19-35-32(36-20-29)28-12-8-24(9-13-28)21-37(30(38)18-34)22-31(39)40-33(2,3)4/h6-9,12-13,16-17,20,22-23,28,30-31H,5,10-11,14-15,18-19,21,24-27H2,1-4H3,(H,43,48);8-9,12-13,16,19-20,23,25-26H,5-7,10-11,14-15,17-18,21-22,34H2,1-4H3. The number of carbonyl (C=O) groups is 6. The summed E-state index contributed by atoms with van der Waals surface area (Å²) in [7, 11) is -4.20. The van der Waals surface area contributed by atoms with Crippen LogP contribution in [-0.4, -0.2) is 122 Å². The van der Waals surface area contributed by atoms with Crippen LogP contribution in [0.3, 0.4) is 0 Å². The van der Waals surface area contributed by atoms with E-state index >= 15 is 0 Å². The zero-order chi connectivity index (χ0) is 68.0. The van der Waals surface area contributed by atoms with Crippen LogP contribution in [0, 0.1) is 35.5 Å². The maximum Gasteiger partial charge on any atom is 0.326 e. The third-order valence-electron chi connectivity index (χ3n) is 19.4. The average molecular weight is 1320 g/mol. The number of nitrogens with zero attached hydrogens (tertiary/aromatic N) is 7. The first-order valence-electron chi connectivity index (χ1n) is 34.2. The maximum atomic E-state index is 13.4. The number of hydrogen-bond donors (Lipinski definition) is 2. The number of hydrogen-bond acceptors (Lipinski definition) is 15. The van der Waals surface area contributed by atoms with Crippen LogP contribution in [0.5, 0.6) is 0 Å². The Kier molecular flexibility index (Phi) is 24.2. The highest BCUT2D eigenvalue weighted by Gasteiger charge is 2.42. The third-order valence-corrected chi connectivity index (χ3v) is 21.2. The lowest BCUT2D eigenvalue weighted by atomic mass is 9.71. The van der Waals surface area contributed by atoms with Crippen LogP contribution in [0.15, 0.2) is 115 Å². The third kappa shape index (κ3) is 19.6. The Morgan fingerprint density at radius 3 is 1.37 bits per heavy atom. The summed E-state index contributed by atoms with van der Waals surface area (Å²) in [4.78, 5) is 97.6. The molecule has 4 amide bonds. The molecular weight excluding hydrogens is 1220 g/mol. The fraction of sp³-hybridized carbons (Fsp3) is 0.520. The zero-order valence-electron chi connectivity index (χ0n) is 56.8. The summed E-state index contributed by atoms with van der Waals surface area (Å²) < 4.78 is 37.1. The van der Waals surface area contributed by atoms with Crippen molar-refractivity contribution in [2.24, 2.45) is 41.2 Å². The topological polar surface area (TPSA) is 254 Å². The highest BCUT2D eigenvalue weighted by atomic mass is 32.2. The normalized spacial score (nSPS) is 21.0. The van der Waals surface area contributed by atoms with Gasteiger partial charge < -0.3 is 30.3 Å². The first kappa shape index (κ1) is 71.3. The second kappa shape index (κ2) is 32.2. The summed E-state index contributed by atoms with van der Waals surface area (Å²) in [6.45, 7) is 13.5. The minimum absolute atomic E-state index is 0.0193. The number of sulfonamides is 1. The molecule has 0 radical (unpaired) electrons. The molecule has 0 bridgehead atoms. The number of amides is 4. The first-order chi connectivity index (χ1) is 45.4. The summed E-state index contributed by atoms with van der Waals surface area (Å²) in [6.07, 6.45) is 33.2. The van der Waals surface area contributed by atoms with Crippen LogP contribution in [-0.2, 0) is 56.6 Å². The Morgan fingerprint density at radius 2 is 0.989 bits per heavy atom. The predicted molar refractivity (Wildman–Crippen MR) is 366 cm³/mol. The van der Waals surface area contributed by atoms with Gasteiger partial charge in [-0.3, -0.25) is 28.8 Å². The van der Waals surface area contributed by atoms with E-state index in [9.17, 15) is 37.2 Å². The second-order valence-electron chi connectivity index (χ2n) is 28.4. The molecule has 4 aliphatic carbocycles. The van der Waals surface area contributed by atoms with Gasteiger partial charge in [0.15, 0.2) is 11.6 Å². The van der Waals surface area contributed by atoms with Crippen molar-refractivity contribution >= 4 is 56.7 Å². The van der Waals surface area contributed by atoms with Crippen LogP contribution in [0.25, 0.3) is 33.9 Å². The molecule has 2 unspecified atom stereocenters. The molecule has 3 aromatic carbocycles. The van der Waals surface area contributed by atoms with Crippen molar-refractivity contribution in [2.45, 2.75) is 187 Å². The molecule has 508 valence electrons. The van der Waals surface area contributed by atoms with Crippen LogP contribution >= 0.6 is 0 Å². The molecule has 0 spiro atoms. The Hall–Kier alpha value is -7.97. The number of aromatic nitrogens is 4. The van der Waals surface area contributed by atoms with E-state index in [0.29, 0.717) is 21.5 Å². The van der Waals surface area contributed by atoms with Crippen molar-refractivity contribution in [2.75, 3.05) is 32.7 Å². The lowest BCUT2D eigenvalue weighted by Gasteiger charge is -2.35. The monoisotopic (exact) mass is 1320 g/mol. The number of rotatable bonds is 21. The summed E-state index contributed by atoms with van der Waals surface area (Å²) in [5, 5.41) is 2.40. The number of fused-ring (bicyclic) bond motifs is 1. The molecule has 2 saturated carbocycles. The largest absolute Gasteiger partial charge is 0.459 e. The Labute approximate surface area is 561 Å². The Morgan fingerprint density at radius 1 is 0.568 bits per heavy atom. The van der Waals surface area contributed by atoms with Gasteiger partial charge in [0.05, 0.1) is 18.7 Å². The first-order valence-corrected chi connectivity index (χ1v) is 35.6. The van der Waals surface area contributed by atoms with Gasteiger partial charge in [0, 0.05) is 60.1 Å². The number of benzene rings is 3. The van der Waals surface area contributed by atoms with Crippen molar-refractivity contribution in [1.82, 2.24) is 39.4 Å². The molecule has 2 fully saturated rings. The minimum atomic E-state index is -4.20. The Bertz CT molecular complexity index is 3660. The van der Waals surface area contributed by atoms with Crippen molar-refractivity contribution < 1.29 is 46.7 Å². The van der Waals surface area contributed by atoms with E-state index in [1.54, 1.807) is 41.5 Å². The van der Waals surface area contributed by atoms with E-state index in [2.05, 4.69) is 51.3 Å². The number of nitrogens with one attached hydrogen (secondary N) is 1. The highest BCUT2D eigenvalue weighted by Crippen LogP contribution is 2.44. The summed E-state index contributed by atoms with van der Waals surface area (Å²) in [5.74, 6) is 2.82. The highest BCUT2D eigenvalue weighted by molar-refractivity contribution is 7.90. The lowest BCUT2D eigenvalue weighted by molar-refractivity contribution is -0.159. The fourth-order valence-corrected chi connectivity index (χ4v) is 15.5. The summed E-state index contributed by atoms with van der Waals surface area (Å²) in [6, 6.07) is 20.8. The SMILES string of the molecule is CCC1CCC(C2CC=C(c3cnc(-c4ccc(CN(CC(=O)OC(C)(C)C)C(=O)CN)cc4)nc3)CC2)CC1.CCC1CCC(C2CC=C(c3cnc(-c4ccc(CN(CC(=O)OC(C)(C)C)C(=O)CNC(=O)CN5C(=O)c6ccccc6S5(=O)=O)cc4)nc3)CC2)CC1. The van der Waals surface area contributed by atoms with Gasteiger partial charge in [0.25, 0.3) is 15.9 Å². The molecular formula is C75H97N9O10S. The zero-order valence-corrected chi connectivity index (χ0v) is 57.6. The van der Waals surface area contributed by atoms with E-state index in [0.717, 1.165) is 82.6 Å².